The van der Waals surface area contributed by atoms with Crippen molar-refractivity contribution in [2.45, 2.75) is 33.0 Å². The van der Waals surface area contributed by atoms with Crippen molar-refractivity contribution in [3.8, 4) is 11.4 Å². The van der Waals surface area contributed by atoms with Crippen molar-refractivity contribution in [3.05, 3.63) is 41.7 Å². The lowest BCUT2D eigenvalue weighted by Crippen LogP contribution is -2.36. The zero-order valence-electron chi connectivity index (χ0n) is 14.4. The molecule has 1 aromatic heterocycles. The Morgan fingerprint density at radius 2 is 1.96 bits per heavy atom. The number of aromatic nitrogens is 2. The van der Waals surface area contributed by atoms with Gasteiger partial charge in [0.05, 0.1) is 24.6 Å². The van der Waals surface area contributed by atoms with Crippen LogP contribution in [0.15, 0.2) is 30.5 Å². The lowest BCUT2D eigenvalue weighted by molar-refractivity contribution is -0.137. The van der Waals surface area contributed by atoms with Gasteiger partial charge in [-0.1, -0.05) is 19.9 Å². The number of amides is 1. The zero-order valence-corrected chi connectivity index (χ0v) is 14.4. The van der Waals surface area contributed by atoms with Crippen LogP contribution in [-0.4, -0.2) is 28.8 Å². The number of ether oxygens (including phenoxy) is 1. The smallest absolute Gasteiger partial charge is 0.416 e. The topological polar surface area (TPSA) is 56.2 Å². The van der Waals surface area contributed by atoms with Gasteiger partial charge >= 0.3 is 6.18 Å². The van der Waals surface area contributed by atoms with E-state index in [9.17, 15) is 18.0 Å². The second kappa shape index (κ2) is 7.16. The summed E-state index contributed by atoms with van der Waals surface area (Å²) in [7, 11) is 1.37. The molecule has 0 bridgehead atoms. The van der Waals surface area contributed by atoms with Crippen molar-refractivity contribution in [1.29, 1.82) is 0 Å². The van der Waals surface area contributed by atoms with Gasteiger partial charge < -0.3 is 10.1 Å². The van der Waals surface area contributed by atoms with Crippen LogP contribution < -0.4 is 10.1 Å². The average molecular weight is 355 g/mol. The van der Waals surface area contributed by atoms with Crippen molar-refractivity contribution in [2.24, 2.45) is 5.92 Å². The fraction of sp³-hybridized carbons (Fsp3) is 0.412. The van der Waals surface area contributed by atoms with Gasteiger partial charge in [0.1, 0.15) is 0 Å². The van der Waals surface area contributed by atoms with Crippen LogP contribution in [0.1, 0.15) is 36.8 Å². The predicted octanol–water partition coefficient (Wildman–Crippen LogP) is 3.67. The number of alkyl halides is 3. The first-order chi connectivity index (χ1) is 11.6. The van der Waals surface area contributed by atoms with Crippen LogP contribution in [0.5, 0.6) is 5.75 Å². The molecule has 0 saturated heterocycles. The van der Waals surface area contributed by atoms with Crippen LogP contribution in [0.25, 0.3) is 5.69 Å². The molecule has 25 heavy (non-hydrogen) atoms. The maximum absolute atomic E-state index is 12.9. The minimum atomic E-state index is -4.46. The minimum Gasteiger partial charge on any atom is -0.493 e. The first-order valence-electron chi connectivity index (χ1n) is 7.75. The van der Waals surface area contributed by atoms with E-state index >= 15 is 0 Å². The molecule has 1 atom stereocenters. The Morgan fingerprint density at radius 1 is 1.28 bits per heavy atom. The second-order valence-corrected chi connectivity index (χ2v) is 6.04. The Kier molecular flexibility index (Phi) is 5.39. The van der Waals surface area contributed by atoms with E-state index in [-0.39, 0.29) is 29.1 Å². The molecule has 0 aliphatic rings. The van der Waals surface area contributed by atoms with Gasteiger partial charge in [-0.3, -0.25) is 4.79 Å². The van der Waals surface area contributed by atoms with Gasteiger partial charge in [0, 0.05) is 6.04 Å². The lowest BCUT2D eigenvalue weighted by Gasteiger charge is -2.16. The maximum Gasteiger partial charge on any atom is 0.416 e. The lowest BCUT2D eigenvalue weighted by atomic mass is 10.1. The number of carbonyl (C=O) groups is 1. The molecule has 0 fully saturated rings. The molecule has 0 aliphatic carbocycles. The summed E-state index contributed by atoms with van der Waals surface area (Å²) in [5, 5.41) is 6.90. The Balaban J connectivity index is 2.36. The van der Waals surface area contributed by atoms with Gasteiger partial charge in [-0.15, -0.1) is 0 Å². The fourth-order valence-corrected chi connectivity index (χ4v) is 2.06. The van der Waals surface area contributed by atoms with Gasteiger partial charge in [0.15, 0.2) is 11.4 Å². The third-order valence-corrected chi connectivity index (χ3v) is 3.91. The number of nitrogens with zero attached hydrogens (tertiary/aromatic N) is 2. The van der Waals surface area contributed by atoms with E-state index in [2.05, 4.69) is 10.4 Å². The van der Waals surface area contributed by atoms with Crippen LogP contribution in [0, 0.1) is 5.92 Å². The Labute approximate surface area is 143 Å². The highest BCUT2D eigenvalue weighted by Gasteiger charge is 2.31. The first kappa shape index (κ1) is 18.8. The van der Waals surface area contributed by atoms with Crippen molar-refractivity contribution in [3.63, 3.8) is 0 Å². The highest BCUT2D eigenvalue weighted by Crippen LogP contribution is 2.30. The molecule has 1 N–H and O–H groups in total. The summed E-state index contributed by atoms with van der Waals surface area (Å²) in [5.41, 5.74) is -0.588. The molecular weight excluding hydrogens is 335 g/mol. The monoisotopic (exact) mass is 355 g/mol. The molecular formula is C17H20F3N3O2. The number of hydrogen-bond acceptors (Lipinski definition) is 3. The van der Waals surface area contributed by atoms with Crippen LogP contribution in [0.2, 0.25) is 0 Å². The van der Waals surface area contributed by atoms with Gasteiger partial charge in [0.25, 0.3) is 5.91 Å². The fourth-order valence-electron chi connectivity index (χ4n) is 2.06. The number of methoxy groups -OCH3 is 1. The SMILES string of the molecule is COc1cn(-c2cccc(C(F)(F)F)c2)nc1C(=O)NC(C)C(C)C. The van der Waals surface area contributed by atoms with Crippen molar-refractivity contribution in [1.82, 2.24) is 15.1 Å². The van der Waals surface area contributed by atoms with Crippen molar-refractivity contribution >= 4 is 5.91 Å². The molecule has 0 radical (unpaired) electrons. The molecule has 8 heteroatoms. The zero-order chi connectivity index (χ0) is 18.8. The molecule has 0 saturated carbocycles. The second-order valence-electron chi connectivity index (χ2n) is 6.04. The van der Waals surface area contributed by atoms with E-state index in [1.165, 1.54) is 30.1 Å². The number of rotatable bonds is 5. The minimum absolute atomic E-state index is 0.0208. The first-order valence-corrected chi connectivity index (χ1v) is 7.75. The van der Waals surface area contributed by atoms with Crippen LogP contribution in [-0.2, 0) is 6.18 Å². The summed E-state index contributed by atoms with van der Waals surface area (Å²) in [6.07, 6.45) is -3.08. The molecule has 2 rings (SSSR count). The molecule has 1 aromatic carbocycles. The number of benzene rings is 1. The molecule has 1 amide bonds. The number of carbonyl (C=O) groups excluding carboxylic acids is 1. The summed E-state index contributed by atoms with van der Waals surface area (Å²) >= 11 is 0. The van der Waals surface area contributed by atoms with Gasteiger partial charge in [0.2, 0.25) is 0 Å². The quantitative estimate of drug-likeness (QED) is 0.890. The van der Waals surface area contributed by atoms with Crippen molar-refractivity contribution < 1.29 is 22.7 Å². The third-order valence-electron chi connectivity index (χ3n) is 3.91. The summed E-state index contributed by atoms with van der Waals surface area (Å²) in [6, 6.07) is 4.61. The number of nitrogens with one attached hydrogen (secondary N) is 1. The largest absolute Gasteiger partial charge is 0.493 e. The highest BCUT2D eigenvalue weighted by molar-refractivity contribution is 5.95. The average Bonchev–Trinajstić information content (AvgIpc) is 2.98. The standard InChI is InChI=1S/C17H20F3N3O2/c1-10(2)11(3)21-16(24)15-14(25-4)9-23(22-15)13-7-5-6-12(8-13)17(18,19)20/h5-11H,1-4H3,(H,21,24). The van der Waals surface area contributed by atoms with Crippen LogP contribution in [0.3, 0.4) is 0 Å². The maximum atomic E-state index is 12.9. The summed E-state index contributed by atoms with van der Waals surface area (Å²) in [5.74, 6) is -0.0323. The molecule has 136 valence electrons. The molecule has 5 nitrogen and oxygen atoms in total. The van der Waals surface area contributed by atoms with Crippen LogP contribution in [0.4, 0.5) is 13.2 Å². The van der Waals surface area contributed by atoms with E-state index in [0.29, 0.717) is 0 Å². The molecule has 2 aromatic rings. The number of hydrogen-bond donors (Lipinski definition) is 1. The normalized spacial score (nSPS) is 13.0. The molecule has 1 unspecified atom stereocenters. The Bertz CT molecular complexity index is 754. The summed E-state index contributed by atoms with van der Waals surface area (Å²) in [6.45, 7) is 5.78. The van der Waals surface area contributed by atoms with E-state index in [1.807, 2.05) is 20.8 Å². The summed E-state index contributed by atoms with van der Waals surface area (Å²) < 4.78 is 44.9. The van der Waals surface area contributed by atoms with E-state index < -0.39 is 17.6 Å². The van der Waals surface area contributed by atoms with E-state index in [4.69, 9.17) is 4.74 Å². The molecule has 0 aliphatic heterocycles. The third kappa shape index (κ3) is 4.32. The van der Waals surface area contributed by atoms with Crippen LogP contribution >= 0.6 is 0 Å². The highest BCUT2D eigenvalue weighted by atomic mass is 19.4. The van der Waals surface area contributed by atoms with Gasteiger partial charge in [-0.25, -0.2) is 4.68 Å². The van der Waals surface area contributed by atoms with Gasteiger partial charge in [-0.2, -0.15) is 18.3 Å². The molecule has 0 spiro atoms. The Morgan fingerprint density at radius 3 is 2.52 bits per heavy atom. The van der Waals surface area contributed by atoms with Gasteiger partial charge in [-0.05, 0) is 31.0 Å². The van der Waals surface area contributed by atoms with E-state index in [1.54, 1.807) is 0 Å². The number of halogens is 3. The molecule has 1 heterocycles. The Hall–Kier alpha value is -2.51. The predicted molar refractivity (Wildman–Crippen MR) is 86.9 cm³/mol. The van der Waals surface area contributed by atoms with Crippen molar-refractivity contribution in [2.75, 3.05) is 7.11 Å². The summed E-state index contributed by atoms with van der Waals surface area (Å²) in [4.78, 5) is 12.4. The van der Waals surface area contributed by atoms with E-state index in [0.717, 1.165) is 12.1 Å².